The Morgan fingerprint density at radius 1 is 0.920 bits per heavy atom. The summed E-state index contributed by atoms with van der Waals surface area (Å²) in [6.45, 7) is 0. The first-order valence-corrected chi connectivity index (χ1v) is 7.61. The third-order valence-corrected chi connectivity index (χ3v) is 3.99. The molecule has 4 rings (SSSR count). The van der Waals surface area contributed by atoms with Crippen molar-refractivity contribution in [3.8, 4) is 22.9 Å². The zero-order valence-corrected chi connectivity index (χ0v) is 13.6. The van der Waals surface area contributed by atoms with E-state index >= 15 is 0 Å². The number of aromatic nitrogens is 2. The molecule has 6 nitrogen and oxygen atoms in total. The van der Waals surface area contributed by atoms with Crippen molar-refractivity contribution in [2.45, 2.75) is 0 Å². The number of fused-ring (bicyclic) bond motifs is 2. The van der Waals surface area contributed by atoms with Crippen molar-refractivity contribution in [1.29, 1.82) is 0 Å². The normalized spacial score (nSPS) is 11.0. The maximum absolute atomic E-state index is 12.6. The highest BCUT2D eigenvalue weighted by atomic mass is 16.5. The van der Waals surface area contributed by atoms with Crippen LogP contribution in [0.4, 0.5) is 0 Å². The number of benzene rings is 2. The smallest absolute Gasteiger partial charge is 0.234 e. The Morgan fingerprint density at radius 2 is 1.64 bits per heavy atom. The van der Waals surface area contributed by atoms with E-state index in [9.17, 15) is 4.79 Å². The summed E-state index contributed by atoms with van der Waals surface area (Å²) in [6.07, 6.45) is 1.50. The molecule has 0 amide bonds. The standard InChI is InChI=1S/C19H14N2O4/c1-23-12-5-3-11(4-6-12)18-20-10-15-17(22)14-8-7-13(24-2)9-16(14)25-19(15)21-18/h3-10H,1-2H3. The fourth-order valence-corrected chi connectivity index (χ4v) is 2.63. The van der Waals surface area contributed by atoms with E-state index in [-0.39, 0.29) is 11.1 Å². The Balaban J connectivity index is 1.91. The Labute approximate surface area is 142 Å². The van der Waals surface area contributed by atoms with Crippen LogP contribution < -0.4 is 14.9 Å². The summed E-state index contributed by atoms with van der Waals surface area (Å²) in [5.41, 5.74) is 1.30. The Kier molecular flexibility index (Phi) is 3.57. The predicted octanol–water partition coefficient (Wildman–Crippen LogP) is 3.42. The molecule has 0 aliphatic carbocycles. The molecule has 0 saturated heterocycles. The molecular formula is C19H14N2O4. The van der Waals surface area contributed by atoms with Crippen LogP contribution >= 0.6 is 0 Å². The van der Waals surface area contributed by atoms with Gasteiger partial charge in [-0.15, -0.1) is 0 Å². The van der Waals surface area contributed by atoms with Crippen molar-refractivity contribution in [2.24, 2.45) is 0 Å². The molecule has 4 aromatic rings. The lowest BCUT2D eigenvalue weighted by molar-refractivity contribution is 0.414. The van der Waals surface area contributed by atoms with Crippen LogP contribution in [0.15, 0.2) is 57.9 Å². The number of hydrogen-bond donors (Lipinski definition) is 0. The van der Waals surface area contributed by atoms with E-state index in [2.05, 4.69) is 9.97 Å². The van der Waals surface area contributed by atoms with Gasteiger partial charge in [-0.05, 0) is 36.4 Å². The summed E-state index contributed by atoms with van der Waals surface area (Å²) < 4.78 is 16.2. The van der Waals surface area contributed by atoms with Gasteiger partial charge in [-0.1, -0.05) is 0 Å². The third kappa shape index (κ3) is 2.57. The molecule has 25 heavy (non-hydrogen) atoms. The van der Waals surface area contributed by atoms with Crippen molar-refractivity contribution in [3.05, 3.63) is 58.9 Å². The van der Waals surface area contributed by atoms with Crippen LogP contribution in [0.5, 0.6) is 11.5 Å². The van der Waals surface area contributed by atoms with Crippen LogP contribution in [0.2, 0.25) is 0 Å². The van der Waals surface area contributed by atoms with Gasteiger partial charge in [0.25, 0.3) is 0 Å². The molecule has 2 aromatic heterocycles. The molecule has 0 atom stereocenters. The van der Waals surface area contributed by atoms with Gasteiger partial charge in [-0.2, -0.15) is 4.98 Å². The monoisotopic (exact) mass is 334 g/mol. The van der Waals surface area contributed by atoms with Crippen molar-refractivity contribution >= 4 is 22.1 Å². The van der Waals surface area contributed by atoms with Crippen LogP contribution in [0.1, 0.15) is 0 Å². The summed E-state index contributed by atoms with van der Waals surface area (Å²) >= 11 is 0. The average Bonchev–Trinajstić information content (AvgIpc) is 2.67. The van der Waals surface area contributed by atoms with E-state index < -0.39 is 0 Å². The van der Waals surface area contributed by atoms with Crippen LogP contribution in [-0.4, -0.2) is 24.2 Å². The van der Waals surface area contributed by atoms with Crippen LogP contribution in [0, 0.1) is 0 Å². The van der Waals surface area contributed by atoms with Gasteiger partial charge in [0.1, 0.15) is 22.5 Å². The maximum atomic E-state index is 12.6. The van der Waals surface area contributed by atoms with Crippen molar-refractivity contribution in [2.75, 3.05) is 14.2 Å². The van der Waals surface area contributed by atoms with Gasteiger partial charge in [-0.3, -0.25) is 4.79 Å². The molecule has 2 heterocycles. The zero-order chi connectivity index (χ0) is 17.4. The molecule has 0 aliphatic heterocycles. The first-order chi connectivity index (χ1) is 12.2. The fraction of sp³-hybridized carbons (Fsp3) is 0.105. The summed E-state index contributed by atoms with van der Waals surface area (Å²) in [5, 5.41) is 0.809. The summed E-state index contributed by atoms with van der Waals surface area (Å²) in [4.78, 5) is 21.3. The molecule has 0 spiro atoms. The largest absolute Gasteiger partial charge is 0.497 e. The van der Waals surface area contributed by atoms with Crippen LogP contribution in [-0.2, 0) is 0 Å². The topological polar surface area (TPSA) is 74.5 Å². The average molecular weight is 334 g/mol. The summed E-state index contributed by atoms with van der Waals surface area (Å²) in [5.74, 6) is 1.83. The van der Waals surface area contributed by atoms with Gasteiger partial charge in [0.05, 0.1) is 19.6 Å². The first-order valence-electron chi connectivity index (χ1n) is 7.61. The second-order valence-corrected chi connectivity index (χ2v) is 5.43. The molecule has 2 aromatic carbocycles. The predicted molar refractivity (Wildman–Crippen MR) is 94.1 cm³/mol. The molecule has 6 heteroatoms. The van der Waals surface area contributed by atoms with Gasteiger partial charge < -0.3 is 13.9 Å². The van der Waals surface area contributed by atoms with Crippen LogP contribution in [0.3, 0.4) is 0 Å². The second-order valence-electron chi connectivity index (χ2n) is 5.43. The minimum atomic E-state index is -0.166. The molecule has 0 aliphatic rings. The second kappa shape index (κ2) is 5.90. The first kappa shape index (κ1) is 15.1. The zero-order valence-electron chi connectivity index (χ0n) is 13.6. The summed E-state index contributed by atoms with van der Waals surface area (Å²) in [7, 11) is 3.17. The van der Waals surface area contributed by atoms with Crippen molar-refractivity contribution in [3.63, 3.8) is 0 Å². The van der Waals surface area contributed by atoms with Gasteiger partial charge in [-0.25, -0.2) is 4.98 Å². The van der Waals surface area contributed by atoms with E-state index in [1.54, 1.807) is 32.4 Å². The Bertz CT molecular complexity index is 1130. The Hall–Kier alpha value is -3.41. The fourth-order valence-electron chi connectivity index (χ4n) is 2.63. The van der Waals surface area contributed by atoms with Gasteiger partial charge in [0.2, 0.25) is 11.1 Å². The van der Waals surface area contributed by atoms with Crippen molar-refractivity contribution in [1.82, 2.24) is 9.97 Å². The maximum Gasteiger partial charge on any atom is 0.234 e. The molecule has 0 saturated carbocycles. The number of methoxy groups -OCH3 is 2. The lowest BCUT2D eigenvalue weighted by Crippen LogP contribution is -2.04. The molecule has 0 bridgehead atoms. The molecule has 0 fully saturated rings. The highest BCUT2D eigenvalue weighted by Gasteiger charge is 2.12. The highest BCUT2D eigenvalue weighted by Crippen LogP contribution is 2.24. The number of hydrogen-bond acceptors (Lipinski definition) is 6. The van der Waals surface area contributed by atoms with Gasteiger partial charge in [0.15, 0.2) is 5.82 Å². The molecule has 124 valence electrons. The number of rotatable bonds is 3. The van der Waals surface area contributed by atoms with E-state index in [1.807, 2.05) is 24.3 Å². The lowest BCUT2D eigenvalue weighted by atomic mass is 10.2. The number of nitrogens with zero attached hydrogens (tertiary/aromatic N) is 2. The highest BCUT2D eigenvalue weighted by molar-refractivity contribution is 5.88. The molecular weight excluding hydrogens is 320 g/mol. The Morgan fingerprint density at radius 3 is 2.36 bits per heavy atom. The van der Waals surface area contributed by atoms with E-state index in [0.717, 1.165) is 11.3 Å². The van der Waals surface area contributed by atoms with E-state index in [4.69, 9.17) is 13.9 Å². The quantitative estimate of drug-likeness (QED) is 0.534. The molecule has 0 unspecified atom stereocenters. The lowest BCUT2D eigenvalue weighted by Gasteiger charge is -2.05. The number of ether oxygens (including phenoxy) is 2. The SMILES string of the molecule is COc1ccc(-c2ncc3c(=O)c4ccc(OC)cc4oc3n2)cc1. The molecule has 0 radical (unpaired) electrons. The van der Waals surface area contributed by atoms with Crippen LogP contribution in [0.25, 0.3) is 33.5 Å². The van der Waals surface area contributed by atoms with Gasteiger partial charge >= 0.3 is 0 Å². The minimum absolute atomic E-state index is 0.166. The van der Waals surface area contributed by atoms with E-state index in [1.165, 1.54) is 6.20 Å². The van der Waals surface area contributed by atoms with Gasteiger partial charge in [0, 0.05) is 17.8 Å². The molecule has 0 N–H and O–H groups in total. The van der Waals surface area contributed by atoms with Crippen molar-refractivity contribution < 1.29 is 13.9 Å². The summed E-state index contributed by atoms with van der Waals surface area (Å²) in [6, 6.07) is 12.4. The minimum Gasteiger partial charge on any atom is -0.497 e. The third-order valence-electron chi connectivity index (χ3n) is 3.99. The van der Waals surface area contributed by atoms with E-state index in [0.29, 0.717) is 27.9 Å².